The molecule has 1 unspecified atom stereocenters. The summed E-state index contributed by atoms with van der Waals surface area (Å²) >= 11 is 12.1. The third-order valence-corrected chi connectivity index (χ3v) is 5.36. The van der Waals surface area contributed by atoms with Crippen LogP contribution >= 0.6 is 23.2 Å². The molecule has 1 aromatic heterocycles. The first-order valence-corrected chi connectivity index (χ1v) is 9.39. The highest BCUT2D eigenvalue weighted by Gasteiger charge is 2.20. The number of carbonyl (C=O) groups is 1. The summed E-state index contributed by atoms with van der Waals surface area (Å²) in [6.07, 6.45) is 2.78. The molecule has 2 rings (SSSR count). The molecule has 1 fully saturated rings. The van der Waals surface area contributed by atoms with Gasteiger partial charge in [0.25, 0.3) is 0 Å². The molecule has 6 nitrogen and oxygen atoms in total. The number of likely N-dealkylation sites (tertiary alicyclic amines) is 1. The summed E-state index contributed by atoms with van der Waals surface area (Å²) in [4.78, 5) is 18.4. The number of nitrogens with zero attached hydrogens (tertiary/aromatic N) is 3. The van der Waals surface area contributed by atoms with Gasteiger partial charge in [-0.25, -0.2) is 0 Å². The SMILES string of the molecule is CN=C(NCCC(=O)N1CCCC(C)C1)NCc1cc(Cl)c(Cl)n1C. The van der Waals surface area contributed by atoms with E-state index in [-0.39, 0.29) is 5.91 Å². The zero-order valence-corrected chi connectivity index (χ0v) is 16.6. The van der Waals surface area contributed by atoms with Gasteiger partial charge in [0.2, 0.25) is 5.91 Å². The normalized spacial score (nSPS) is 18.4. The van der Waals surface area contributed by atoms with Crippen LogP contribution in [0.2, 0.25) is 10.2 Å². The van der Waals surface area contributed by atoms with Crippen LogP contribution in [0.3, 0.4) is 0 Å². The minimum Gasteiger partial charge on any atom is -0.356 e. The van der Waals surface area contributed by atoms with Crippen molar-refractivity contribution in [2.75, 3.05) is 26.7 Å². The highest BCUT2D eigenvalue weighted by Crippen LogP contribution is 2.24. The van der Waals surface area contributed by atoms with Crippen LogP contribution < -0.4 is 10.6 Å². The van der Waals surface area contributed by atoms with Crippen molar-refractivity contribution >= 4 is 35.1 Å². The van der Waals surface area contributed by atoms with Gasteiger partial charge in [-0.15, -0.1) is 0 Å². The van der Waals surface area contributed by atoms with E-state index in [1.54, 1.807) is 7.05 Å². The van der Waals surface area contributed by atoms with Crippen molar-refractivity contribution in [1.82, 2.24) is 20.1 Å². The molecule has 0 aliphatic carbocycles. The number of carbonyl (C=O) groups excluding carboxylic acids is 1. The minimum absolute atomic E-state index is 0.204. The van der Waals surface area contributed by atoms with Gasteiger partial charge in [0, 0.05) is 45.8 Å². The summed E-state index contributed by atoms with van der Waals surface area (Å²) in [5.74, 6) is 1.45. The molecule has 2 heterocycles. The average molecular weight is 388 g/mol. The van der Waals surface area contributed by atoms with Crippen molar-refractivity contribution in [3.63, 3.8) is 0 Å². The topological polar surface area (TPSA) is 61.7 Å². The molecule has 0 bridgehead atoms. The first-order chi connectivity index (χ1) is 11.9. The Morgan fingerprint density at radius 3 is 2.76 bits per heavy atom. The standard InChI is InChI=1S/C17H27Cl2N5O/c1-12-5-4-8-24(11-12)15(25)6-7-21-17(20-2)22-10-13-9-14(18)16(19)23(13)3/h9,12H,4-8,10-11H2,1-3H3,(H2,20,21,22). The Hall–Kier alpha value is -1.40. The summed E-state index contributed by atoms with van der Waals surface area (Å²) in [5.41, 5.74) is 0.955. The van der Waals surface area contributed by atoms with Crippen LogP contribution in [0.15, 0.2) is 11.1 Å². The summed E-state index contributed by atoms with van der Waals surface area (Å²) in [7, 11) is 3.56. The first-order valence-electron chi connectivity index (χ1n) is 8.64. The number of nitrogens with one attached hydrogen (secondary N) is 2. The molecule has 0 saturated carbocycles. The molecule has 25 heavy (non-hydrogen) atoms. The molecular weight excluding hydrogens is 361 g/mol. The van der Waals surface area contributed by atoms with Gasteiger partial charge in [-0.1, -0.05) is 30.1 Å². The van der Waals surface area contributed by atoms with E-state index in [9.17, 15) is 4.79 Å². The van der Waals surface area contributed by atoms with E-state index in [0.29, 0.717) is 41.6 Å². The summed E-state index contributed by atoms with van der Waals surface area (Å²) < 4.78 is 1.82. The number of piperidine rings is 1. The molecule has 1 saturated heterocycles. The molecule has 1 aliphatic heterocycles. The lowest BCUT2D eigenvalue weighted by Gasteiger charge is -2.31. The number of halogens is 2. The lowest BCUT2D eigenvalue weighted by molar-refractivity contribution is -0.132. The Bertz CT molecular complexity index is 629. The first kappa shape index (κ1) is 19.9. The van der Waals surface area contributed by atoms with Crippen LogP contribution in [0, 0.1) is 5.92 Å². The Labute approximate surface area is 159 Å². The van der Waals surface area contributed by atoms with Crippen molar-refractivity contribution in [3.8, 4) is 0 Å². The molecular formula is C17H27Cl2N5O. The van der Waals surface area contributed by atoms with Crippen LogP contribution in [-0.4, -0.2) is 48.0 Å². The second-order valence-corrected chi connectivity index (χ2v) is 7.29. The number of rotatable bonds is 5. The van der Waals surface area contributed by atoms with Gasteiger partial charge >= 0.3 is 0 Å². The van der Waals surface area contributed by atoms with Gasteiger partial charge in [0.15, 0.2) is 5.96 Å². The molecule has 1 aromatic rings. The molecule has 0 aromatic carbocycles. The third-order valence-electron chi connectivity index (χ3n) is 4.52. The molecule has 0 spiro atoms. The second kappa shape index (κ2) is 9.34. The Kier molecular flexibility index (Phi) is 7.44. The van der Waals surface area contributed by atoms with Crippen LogP contribution in [0.1, 0.15) is 31.9 Å². The van der Waals surface area contributed by atoms with Gasteiger partial charge in [0.1, 0.15) is 5.15 Å². The molecule has 1 aliphatic rings. The maximum Gasteiger partial charge on any atom is 0.224 e. The Morgan fingerprint density at radius 2 is 2.16 bits per heavy atom. The molecule has 2 N–H and O–H groups in total. The summed E-state index contributed by atoms with van der Waals surface area (Å²) in [6, 6.07) is 1.82. The van der Waals surface area contributed by atoms with Gasteiger partial charge in [-0.3, -0.25) is 9.79 Å². The molecule has 140 valence electrons. The predicted octanol–water partition coefficient (Wildman–Crippen LogP) is 2.65. The smallest absolute Gasteiger partial charge is 0.224 e. The van der Waals surface area contributed by atoms with E-state index >= 15 is 0 Å². The highest BCUT2D eigenvalue weighted by atomic mass is 35.5. The maximum absolute atomic E-state index is 12.3. The van der Waals surface area contributed by atoms with Crippen molar-refractivity contribution in [2.24, 2.45) is 18.0 Å². The van der Waals surface area contributed by atoms with Crippen molar-refractivity contribution in [3.05, 3.63) is 21.9 Å². The maximum atomic E-state index is 12.3. The van der Waals surface area contributed by atoms with Crippen LogP contribution in [0.4, 0.5) is 0 Å². The van der Waals surface area contributed by atoms with Crippen LogP contribution in [-0.2, 0) is 18.4 Å². The number of aliphatic imine (C=N–C) groups is 1. The Balaban J connectivity index is 1.75. The molecule has 8 heteroatoms. The Morgan fingerprint density at radius 1 is 1.40 bits per heavy atom. The third kappa shape index (κ3) is 5.54. The van der Waals surface area contributed by atoms with E-state index in [1.165, 1.54) is 6.42 Å². The fraction of sp³-hybridized carbons (Fsp3) is 0.647. The van der Waals surface area contributed by atoms with E-state index in [4.69, 9.17) is 23.2 Å². The average Bonchev–Trinajstić information content (AvgIpc) is 2.84. The van der Waals surface area contributed by atoms with Crippen molar-refractivity contribution in [2.45, 2.75) is 32.7 Å². The number of aromatic nitrogens is 1. The van der Waals surface area contributed by atoms with Crippen LogP contribution in [0.25, 0.3) is 0 Å². The summed E-state index contributed by atoms with van der Waals surface area (Å²) in [6.45, 7) is 5.05. The number of hydrogen-bond acceptors (Lipinski definition) is 2. The van der Waals surface area contributed by atoms with E-state index in [0.717, 1.165) is 25.2 Å². The lowest BCUT2D eigenvalue weighted by atomic mass is 10.00. The zero-order chi connectivity index (χ0) is 18.4. The van der Waals surface area contributed by atoms with E-state index in [1.807, 2.05) is 22.6 Å². The lowest BCUT2D eigenvalue weighted by Crippen LogP contribution is -2.42. The fourth-order valence-electron chi connectivity index (χ4n) is 3.02. The molecule has 1 amide bonds. The van der Waals surface area contributed by atoms with Gasteiger partial charge in [-0.2, -0.15) is 0 Å². The molecule has 0 radical (unpaired) electrons. The number of guanidine groups is 1. The minimum atomic E-state index is 0.204. The highest BCUT2D eigenvalue weighted by molar-refractivity contribution is 6.41. The van der Waals surface area contributed by atoms with Gasteiger partial charge in [-0.05, 0) is 24.8 Å². The zero-order valence-electron chi connectivity index (χ0n) is 15.1. The van der Waals surface area contributed by atoms with Gasteiger partial charge in [0.05, 0.1) is 11.6 Å². The summed E-state index contributed by atoms with van der Waals surface area (Å²) in [5, 5.41) is 7.43. The fourth-order valence-corrected chi connectivity index (χ4v) is 3.43. The number of amides is 1. The monoisotopic (exact) mass is 387 g/mol. The number of hydrogen-bond donors (Lipinski definition) is 2. The van der Waals surface area contributed by atoms with E-state index in [2.05, 4.69) is 22.5 Å². The van der Waals surface area contributed by atoms with Crippen molar-refractivity contribution < 1.29 is 4.79 Å². The van der Waals surface area contributed by atoms with Crippen molar-refractivity contribution in [1.29, 1.82) is 0 Å². The van der Waals surface area contributed by atoms with Gasteiger partial charge < -0.3 is 20.1 Å². The second-order valence-electron chi connectivity index (χ2n) is 6.52. The van der Waals surface area contributed by atoms with Crippen LogP contribution in [0.5, 0.6) is 0 Å². The predicted molar refractivity (Wildman–Crippen MR) is 103 cm³/mol. The van der Waals surface area contributed by atoms with E-state index < -0.39 is 0 Å². The molecule has 1 atom stereocenters. The quantitative estimate of drug-likeness (QED) is 0.602. The largest absolute Gasteiger partial charge is 0.356 e.